The number of nitrogens with zero attached hydrogens (tertiary/aromatic N) is 5. The lowest BCUT2D eigenvalue weighted by Gasteiger charge is -2.01. The highest BCUT2D eigenvalue weighted by Gasteiger charge is 2.24. The third-order valence-corrected chi connectivity index (χ3v) is 6.80. The van der Waals surface area contributed by atoms with E-state index in [0.29, 0.717) is 41.8 Å². The van der Waals surface area contributed by atoms with Crippen molar-refractivity contribution < 1.29 is 9.21 Å². The van der Waals surface area contributed by atoms with Crippen molar-refractivity contribution in [1.29, 1.82) is 0 Å². The number of thioether (sulfide) groups is 1. The van der Waals surface area contributed by atoms with Crippen LogP contribution in [-0.4, -0.2) is 31.3 Å². The number of furan rings is 1. The van der Waals surface area contributed by atoms with Crippen LogP contribution >= 0.6 is 46.7 Å². The highest BCUT2D eigenvalue weighted by Crippen LogP contribution is 2.33. The second-order valence-corrected chi connectivity index (χ2v) is 9.36. The Morgan fingerprint density at radius 3 is 2.76 bits per heavy atom. The zero-order chi connectivity index (χ0) is 22.8. The van der Waals surface area contributed by atoms with Crippen LogP contribution in [0.2, 0.25) is 10.0 Å². The van der Waals surface area contributed by atoms with Gasteiger partial charge >= 0.3 is 0 Å². The molecule has 33 heavy (non-hydrogen) atoms. The molecule has 0 saturated carbocycles. The van der Waals surface area contributed by atoms with E-state index >= 15 is 0 Å². The summed E-state index contributed by atoms with van der Waals surface area (Å²) in [6.07, 6.45) is 1.65. The molecule has 5 rings (SSSR count). The van der Waals surface area contributed by atoms with Crippen LogP contribution in [0.15, 0.2) is 85.2 Å². The normalized spacial score (nSPS) is 16.0. The number of tetrazole rings is 1. The molecule has 1 aliphatic heterocycles. The van der Waals surface area contributed by atoms with Crippen molar-refractivity contribution in [3.63, 3.8) is 0 Å². The maximum absolute atomic E-state index is 12.4. The van der Waals surface area contributed by atoms with Crippen LogP contribution in [0.1, 0.15) is 5.76 Å². The molecule has 0 bridgehead atoms. The smallest absolute Gasteiger partial charge is 0.264 e. The summed E-state index contributed by atoms with van der Waals surface area (Å²) in [6, 6.07) is 18.1. The minimum Gasteiger partial charge on any atom is -0.450 e. The van der Waals surface area contributed by atoms with Crippen LogP contribution in [0.4, 0.5) is 5.69 Å². The fraction of sp³-hybridized carbons (Fsp3) is 0. The molecule has 8 nitrogen and oxygen atoms in total. The molecule has 2 aromatic carbocycles. The summed E-state index contributed by atoms with van der Waals surface area (Å²) >= 11 is 14.4. The fourth-order valence-corrected chi connectivity index (χ4v) is 4.69. The zero-order valence-electron chi connectivity index (χ0n) is 16.5. The van der Waals surface area contributed by atoms with E-state index in [1.54, 1.807) is 41.1 Å². The van der Waals surface area contributed by atoms with Crippen molar-refractivity contribution in [3.05, 3.63) is 81.4 Å². The highest BCUT2D eigenvalue weighted by molar-refractivity contribution is 8.18. The molecular weight excluding hydrogens is 503 g/mol. The number of halogens is 2. The van der Waals surface area contributed by atoms with Gasteiger partial charge in [0.1, 0.15) is 5.76 Å². The number of hydrogen-bond donors (Lipinski definition) is 1. The van der Waals surface area contributed by atoms with Crippen LogP contribution in [0.25, 0.3) is 11.8 Å². The Bertz CT molecular complexity index is 1400. The lowest BCUT2D eigenvalue weighted by atomic mass is 10.3. The highest BCUT2D eigenvalue weighted by atomic mass is 35.5. The second-order valence-electron chi connectivity index (χ2n) is 6.55. The molecule has 0 aliphatic carbocycles. The van der Waals surface area contributed by atoms with E-state index in [1.165, 1.54) is 23.5 Å². The predicted molar refractivity (Wildman–Crippen MR) is 129 cm³/mol. The first-order valence-corrected chi connectivity index (χ1v) is 11.8. The van der Waals surface area contributed by atoms with Gasteiger partial charge in [0, 0.05) is 6.08 Å². The molecule has 1 amide bonds. The van der Waals surface area contributed by atoms with Gasteiger partial charge in [-0.25, -0.2) is 4.99 Å². The average Bonchev–Trinajstić information content (AvgIpc) is 3.53. The summed E-state index contributed by atoms with van der Waals surface area (Å²) < 4.78 is 7.48. The summed E-state index contributed by atoms with van der Waals surface area (Å²) in [4.78, 5) is 17.2. The van der Waals surface area contributed by atoms with Gasteiger partial charge < -0.3 is 9.73 Å². The van der Waals surface area contributed by atoms with E-state index in [-0.39, 0.29) is 5.91 Å². The van der Waals surface area contributed by atoms with Gasteiger partial charge in [-0.2, -0.15) is 4.68 Å². The first-order valence-electron chi connectivity index (χ1n) is 9.41. The molecule has 164 valence electrons. The molecule has 0 radical (unpaired) electrons. The number of nitrogens with one attached hydrogen (secondary N) is 1. The van der Waals surface area contributed by atoms with E-state index in [4.69, 9.17) is 27.6 Å². The number of amides is 1. The van der Waals surface area contributed by atoms with Gasteiger partial charge in [-0.3, -0.25) is 4.79 Å². The number of carbonyl (C=O) groups is 1. The Labute approximate surface area is 206 Å². The van der Waals surface area contributed by atoms with E-state index in [0.717, 1.165) is 5.69 Å². The molecule has 4 aromatic rings. The lowest BCUT2D eigenvalue weighted by Crippen LogP contribution is -2.19. The maximum Gasteiger partial charge on any atom is 0.264 e. The largest absolute Gasteiger partial charge is 0.450 e. The number of carbonyl (C=O) groups excluding carboxylic acids is 1. The first-order chi connectivity index (χ1) is 16.0. The number of rotatable bonds is 5. The number of aromatic nitrogens is 4. The predicted octanol–water partition coefficient (Wildman–Crippen LogP) is 5.60. The topological polar surface area (TPSA) is 98.2 Å². The van der Waals surface area contributed by atoms with Gasteiger partial charge in [-0.05, 0) is 76.4 Å². The van der Waals surface area contributed by atoms with Crippen molar-refractivity contribution >= 4 is 69.6 Å². The summed E-state index contributed by atoms with van der Waals surface area (Å²) in [5, 5.41) is 17.0. The Kier molecular flexibility index (Phi) is 6.23. The van der Waals surface area contributed by atoms with Crippen LogP contribution in [0.5, 0.6) is 0 Å². The number of benzene rings is 2. The van der Waals surface area contributed by atoms with Gasteiger partial charge in [0.15, 0.2) is 10.3 Å². The first kappa shape index (κ1) is 21.8. The van der Waals surface area contributed by atoms with Gasteiger partial charge in [0.05, 0.1) is 26.3 Å². The summed E-state index contributed by atoms with van der Waals surface area (Å²) in [5.41, 5.74) is 1.42. The quantitative estimate of drug-likeness (QED) is 0.345. The van der Waals surface area contributed by atoms with Crippen LogP contribution in [0, 0.1) is 0 Å². The molecule has 1 aliphatic rings. The average molecular weight is 515 g/mol. The Morgan fingerprint density at radius 1 is 1.09 bits per heavy atom. The molecule has 2 aromatic heterocycles. The monoisotopic (exact) mass is 514 g/mol. The summed E-state index contributed by atoms with van der Waals surface area (Å²) in [6.45, 7) is 0. The van der Waals surface area contributed by atoms with Crippen molar-refractivity contribution in [1.82, 2.24) is 25.5 Å². The molecular formula is C21H12Cl2N6O2S2. The van der Waals surface area contributed by atoms with Crippen molar-refractivity contribution in [3.8, 4) is 5.69 Å². The number of hydrogen-bond acceptors (Lipinski definition) is 8. The third kappa shape index (κ3) is 4.98. The molecule has 12 heteroatoms. The Balaban J connectivity index is 1.31. The van der Waals surface area contributed by atoms with Crippen LogP contribution in [-0.2, 0) is 4.79 Å². The standard InChI is InChI=1S/C21H12Cl2N6O2S2/c22-15-8-6-12(10-16(15)23)24-20-25-19(30)17(32-20)11-14-7-9-18(31-14)33-21-26-27-28-29(21)13-4-2-1-3-5-13/h1-11H,(H,24,25,30)/b17-11-. The van der Waals surface area contributed by atoms with Crippen LogP contribution in [0.3, 0.4) is 0 Å². The van der Waals surface area contributed by atoms with Gasteiger partial charge in [-0.1, -0.05) is 41.4 Å². The van der Waals surface area contributed by atoms with Gasteiger partial charge in [-0.15, -0.1) is 5.10 Å². The Morgan fingerprint density at radius 2 is 1.94 bits per heavy atom. The van der Waals surface area contributed by atoms with Crippen molar-refractivity contribution in [2.24, 2.45) is 4.99 Å². The minimum atomic E-state index is -0.266. The van der Waals surface area contributed by atoms with Crippen molar-refractivity contribution in [2.45, 2.75) is 10.2 Å². The number of amidine groups is 1. The van der Waals surface area contributed by atoms with E-state index < -0.39 is 0 Å². The fourth-order valence-electron chi connectivity index (χ4n) is 2.81. The molecule has 0 atom stereocenters. The van der Waals surface area contributed by atoms with E-state index in [9.17, 15) is 4.79 Å². The number of aliphatic imine (C=N–C) groups is 1. The zero-order valence-corrected chi connectivity index (χ0v) is 19.6. The minimum absolute atomic E-state index is 0.266. The molecule has 1 saturated heterocycles. The van der Waals surface area contributed by atoms with Crippen molar-refractivity contribution in [2.75, 3.05) is 0 Å². The summed E-state index contributed by atoms with van der Waals surface area (Å²) in [5.74, 6) is 0.252. The van der Waals surface area contributed by atoms with Gasteiger partial charge in [0.2, 0.25) is 5.16 Å². The van der Waals surface area contributed by atoms with Crippen LogP contribution < -0.4 is 5.32 Å². The van der Waals surface area contributed by atoms with Gasteiger partial charge in [0.25, 0.3) is 5.91 Å². The Hall–Kier alpha value is -3.05. The molecule has 1 fully saturated rings. The maximum atomic E-state index is 12.4. The lowest BCUT2D eigenvalue weighted by molar-refractivity contribution is -0.115. The van der Waals surface area contributed by atoms with E-state index in [1.807, 2.05) is 30.3 Å². The molecule has 1 N–H and O–H groups in total. The molecule has 3 heterocycles. The number of para-hydroxylation sites is 1. The third-order valence-electron chi connectivity index (χ3n) is 4.29. The second kappa shape index (κ2) is 9.44. The summed E-state index contributed by atoms with van der Waals surface area (Å²) in [7, 11) is 0. The van der Waals surface area contributed by atoms with E-state index in [2.05, 4.69) is 25.8 Å². The molecule has 0 unspecified atom stereocenters. The SMILES string of the molecule is O=C1NC(=Nc2ccc(Cl)c(Cl)c2)S/C1=C\c1ccc(Sc2nnnn2-c2ccccc2)o1. The molecule has 0 spiro atoms.